The van der Waals surface area contributed by atoms with Gasteiger partial charge in [0.25, 0.3) is 5.95 Å². The van der Waals surface area contributed by atoms with Crippen molar-refractivity contribution < 1.29 is 4.79 Å². The number of hydrogen-bond acceptors (Lipinski definition) is 7. The van der Waals surface area contributed by atoms with Crippen molar-refractivity contribution in [2.24, 2.45) is 0 Å². The van der Waals surface area contributed by atoms with Crippen molar-refractivity contribution in [2.45, 2.75) is 11.6 Å². The van der Waals surface area contributed by atoms with Crippen LogP contribution in [-0.4, -0.2) is 46.4 Å². The molecule has 0 saturated heterocycles. The lowest BCUT2D eigenvalue weighted by Gasteiger charge is -2.10. The minimum absolute atomic E-state index is 0.107. The first-order valence-electron chi connectivity index (χ1n) is 9.95. The van der Waals surface area contributed by atoms with Crippen molar-refractivity contribution in [3.63, 3.8) is 0 Å². The predicted octanol–water partition coefficient (Wildman–Crippen LogP) is 3.52. The largest absolute Gasteiger partial charge is 0.311 e. The molecule has 0 aliphatic rings. The number of amides is 1. The van der Waals surface area contributed by atoms with Gasteiger partial charge in [0.1, 0.15) is 11.3 Å². The van der Waals surface area contributed by atoms with Crippen LogP contribution < -0.4 is 5.32 Å². The number of carbonyl (C=O) groups is 1. The smallest absolute Gasteiger partial charge is 0.259 e. The second-order valence-electron chi connectivity index (χ2n) is 6.81. The van der Waals surface area contributed by atoms with Gasteiger partial charge in [-0.1, -0.05) is 53.4 Å². The summed E-state index contributed by atoms with van der Waals surface area (Å²) in [4.78, 5) is 16.4. The van der Waals surface area contributed by atoms with E-state index in [1.165, 1.54) is 11.8 Å². The fourth-order valence-corrected chi connectivity index (χ4v) is 4.07. The lowest BCUT2D eigenvalue weighted by molar-refractivity contribution is -0.115. The van der Waals surface area contributed by atoms with E-state index in [4.69, 9.17) is 0 Å². The Kier molecular flexibility index (Phi) is 5.58. The number of rotatable bonds is 7. The van der Waals surface area contributed by atoms with Gasteiger partial charge in [-0.3, -0.25) is 9.36 Å². The average molecular weight is 443 g/mol. The van der Waals surface area contributed by atoms with Crippen LogP contribution in [0.5, 0.6) is 0 Å². The lowest BCUT2D eigenvalue weighted by Crippen LogP contribution is -2.13. The van der Waals surface area contributed by atoms with Crippen LogP contribution in [0.4, 0.5) is 5.82 Å². The topological polar surface area (TPSA) is 103 Å². The van der Waals surface area contributed by atoms with Gasteiger partial charge >= 0.3 is 0 Å². The minimum atomic E-state index is -0.107. The first-order valence-corrected chi connectivity index (χ1v) is 10.9. The van der Waals surface area contributed by atoms with Gasteiger partial charge in [0.15, 0.2) is 5.16 Å². The van der Waals surface area contributed by atoms with Crippen LogP contribution in [0, 0.1) is 0 Å². The third kappa shape index (κ3) is 4.08. The van der Waals surface area contributed by atoms with Gasteiger partial charge in [-0.15, -0.1) is 15.3 Å². The molecule has 158 valence electrons. The van der Waals surface area contributed by atoms with Crippen LogP contribution in [-0.2, 0) is 4.79 Å². The third-order valence-corrected chi connectivity index (χ3v) is 5.60. The number of carbonyl (C=O) groups excluding carboxylic acids is 1. The van der Waals surface area contributed by atoms with Gasteiger partial charge in [-0.05, 0) is 36.4 Å². The number of aromatic nitrogens is 7. The molecule has 10 heteroatoms. The summed E-state index contributed by atoms with van der Waals surface area (Å²) < 4.78 is 3.59. The molecule has 32 heavy (non-hydrogen) atoms. The van der Waals surface area contributed by atoms with Crippen LogP contribution in [0.15, 0.2) is 84.1 Å². The summed E-state index contributed by atoms with van der Waals surface area (Å²) >= 11 is 1.45. The number of fused-ring (bicyclic) bond motifs is 1. The first kappa shape index (κ1) is 19.9. The van der Waals surface area contributed by atoms with Crippen molar-refractivity contribution in [2.75, 3.05) is 11.1 Å². The molecule has 1 amide bonds. The molecule has 0 saturated carbocycles. The van der Waals surface area contributed by atoms with E-state index in [-0.39, 0.29) is 5.91 Å². The van der Waals surface area contributed by atoms with E-state index >= 15 is 0 Å². The maximum atomic E-state index is 12.3. The van der Waals surface area contributed by atoms with Crippen molar-refractivity contribution >= 4 is 34.5 Å². The molecule has 3 heterocycles. The summed E-state index contributed by atoms with van der Waals surface area (Å²) in [6.45, 7) is 0. The van der Waals surface area contributed by atoms with Crippen molar-refractivity contribution in [1.29, 1.82) is 0 Å². The molecule has 0 radical (unpaired) electrons. The number of pyridine rings is 1. The maximum absolute atomic E-state index is 12.3. The molecule has 0 aliphatic carbocycles. The number of hydrogen-bond donors (Lipinski definition) is 1. The van der Waals surface area contributed by atoms with E-state index in [0.717, 1.165) is 16.7 Å². The zero-order valence-corrected chi connectivity index (χ0v) is 17.7. The van der Waals surface area contributed by atoms with E-state index in [1.807, 2.05) is 65.2 Å². The van der Waals surface area contributed by atoms with E-state index < -0.39 is 0 Å². The highest BCUT2D eigenvalue weighted by atomic mass is 32.2. The Labute approximate surface area is 187 Å². The number of nitrogens with one attached hydrogen (secondary N) is 1. The highest BCUT2D eigenvalue weighted by Crippen LogP contribution is 2.25. The van der Waals surface area contributed by atoms with Crippen LogP contribution in [0.2, 0.25) is 0 Å². The molecular weight excluding hydrogens is 424 g/mol. The molecule has 0 bridgehead atoms. The number of anilines is 1. The molecule has 0 aliphatic heterocycles. The Morgan fingerprint density at radius 1 is 0.906 bits per heavy atom. The molecule has 1 N–H and O–H groups in total. The van der Waals surface area contributed by atoms with Gasteiger partial charge < -0.3 is 5.32 Å². The molecule has 2 aromatic carbocycles. The van der Waals surface area contributed by atoms with Crippen LogP contribution in [0.3, 0.4) is 0 Å². The first-order chi connectivity index (χ1) is 15.8. The molecule has 5 aromatic rings. The second-order valence-corrected chi connectivity index (χ2v) is 7.87. The van der Waals surface area contributed by atoms with Crippen LogP contribution in [0.25, 0.3) is 22.7 Å². The summed E-state index contributed by atoms with van der Waals surface area (Å²) in [6, 6.07) is 22.9. The Morgan fingerprint density at radius 3 is 2.56 bits per heavy atom. The third-order valence-electron chi connectivity index (χ3n) is 4.66. The predicted molar refractivity (Wildman–Crippen MR) is 122 cm³/mol. The van der Waals surface area contributed by atoms with Gasteiger partial charge in [0.05, 0.1) is 11.2 Å². The second kappa shape index (κ2) is 8.98. The summed E-state index contributed by atoms with van der Waals surface area (Å²) in [7, 11) is 0. The number of benzene rings is 2. The number of nitrogens with zero attached hydrogens (tertiary/aromatic N) is 7. The summed E-state index contributed by atoms with van der Waals surface area (Å²) in [5.41, 5.74) is 2.51. The van der Waals surface area contributed by atoms with Gasteiger partial charge in [-0.2, -0.15) is 4.68 Å². The summed E-state index contributed by atoms with van der Waals surface area (Å²) in [6.07, 6.45) is 1.95. The zero-order chi connectivity index (χ0) is 21.8. The van der Waals surface area contributed by atoms with Gasteiger partial charge in [0, 0.05) is 18.4 Å². The summed E-state index contributed by atoms with van der Waals surface area (Å²) in [5, 5.41) is 20.7. The molecule has 0 atom stereocenters. The summed E-state index contributed by atoms with van der Waals surface area (Å²) in [5.74, 6) is 1.49. The van der Waals surface area contributed by atoms with E-state index in [1.54, 1.807) is 23.0 Å². The standard InChI is InChI=1S/C22H18N8OS/c31-20(24-19-12-6-7-14-23-19)13-15-32-22-27-26-21(29(22)16-8-2-1-3-9-16)30-18-11-5-4-10-17(18)25-28-30/h1-12,14H,13,15H2,(H,23,24,31). The zero-order valence-electron chi connectivity index (χ0n) is 16.9. The minimum Gasteiger partial charge on any atom is -0.311 e. The SMILES string of the molecule is O=C(CCSc1nnc(-n2nnc3ccccc32)n1-c1ccccc1)Nc1ccccn1. The van der Waals surface area contributed by atoms with Crippen LogP contribution in [0.1, 0.15) is 6.42 Å². The number of para-hydroxylation sites is 2. The van der Waals surface area contributed by atoms with Gasteiger partial charge in [0.2, 0.25) is 5.91 Å². The Morgan fingerprint density at radius 2 is 1.72 bits per heavy atom. The van der Waals surface area contributed by atoms with E-state index in [9.17, 15) is 4.79 Å². The van der Waals surface area contributed by atoms with Crippen molar-refractivity contribution in [3.8, 4) is 11.6 Å². The van der Waals surface area contributed by atoms with Crippen molar-refractivity contribution in [3.05, 3.63) is 79.0 Å². The Hall–Kier alpha value is -4.05. The molecule has 5 rings (SSSR count). The molecular formula is C22H18N8OS. The molecule has 3 aromatic heterocycles. The van der Waals surface area contributed by atoms with Crippen molar-refractivity contribution in [1.82, 2.24) is 34.7 Å². The molecule has 9 nitrogen and oxygen atoms in total. The van der Waals surface area contributed by atoms with E-state index in [0.29, 0.717) is 29.1 Å². The maximum Gasteiger partial charge on any atom is 0.259 e. The van der Waals surface area contributed by atoms with E-state index in [2.05, 4.69) is 30.8 Å². The quantitative estimate of drug-likeness (QED) is 0.385. The normalized spacial score (nSPS) is 11.0. The lowest BCUT2D eigenvalue weighted by atomic mass is 10.3. The monoisotopic (exact) mass is 442 g/mol. The Bertz CT molecular complexity index is 1350. The fourth-order valence-electron chi connectivity index (χ4n) is 3.19. The molecule has 0 spiro atoms. The average Bonchev–Trinajstić information content (AvgIpc) is 3.44. The highest BCUT2D eigenvalue weighted by molar-refractivity contribution is 7.99. The fraction of sp³-hybridized carbons (Fsp3) is 0.0909. The Balaban J connectivity index is 1.40. The molecule has 0 unspecified atom stereocenters. The van der Waals surface area contributed by atoms with Gasteiger partial charge in [-0.25, -0.2) is 4.98 Å². The van der Waals surface area contributed by atoms with Crippen LogP contribution >= 0.6 is 11.8 Å². The number of thioether (sulfide) groups is 1. The highest BCUT2D eigenvalue weighted by Gasteiger charge is 2.19. The molecule has 0 fully saturated rings.